The molecule has 1 aliphatic rings. The van der Waals surface area contributed by atoms with Gasteiger partial charge in [-0.3, -0.25) is 0 Å². The van der Waals surface area contributed by atoms with Crippen LogP contribution in [-0.4, -0.2) is 17.8 Å². The SMILES string of the molecule is OC(CCC1CCCO1)c1ccc(Br)cc1Br. The van der Waals surface area contributed by atoms with E-state index in [4.69, 9.17) is 4.74 Å². The number of hydrogen-bond donors (Lipinski definition) is 1. The lowest BCUT2D eigenvalue weighted by molar-refractivity contribution is 0.0810. The molecule has 17 heavy (non-hydrogen) atoms. The molecule has 1 aromatic rings. The molecule has 2 rings (SSSR count). The van der Waals surface area contributed by atoms with Gasteiger partial charge in [-0.25, -0.2) is 0 Å². The number of halogens is 2. The first-order valence-corrected chi connectivity index (χ1v) is 7.50. The van der Waals surface area contributed by atoms with E-state index >= 15 is 0 Å². The summed E-state index contributed by atoms with van der Waals surface area (Å²) < 4.78 is 7.52. The molecule has 1 N–H and O–H groups in total. The normalized spacial score (nSPS) is 21.7. The van der Waals surface area contributed by atoms with Crippen LogP contribution in [0.15, 0.2) is 27.1 Å². The Morgan fingerprint density at radius 1 is 1.41 bits per heavy atom. The van der Waals surface area contributed by atoms with Crippen LogP contribution in [0.25, 0.3) is 0 Å². The van der Waals surface area contributed by atoms with Crippen molar-refractivity contribution in [3.63, 3.8) is 0 Å². The summed E-state index contributed by atoms with van der Waals surface area (Å²) in [6.45, 7) is 0.878. The monoisotopic (exact) mass is 362 g/mol. The van der Waals surface area contributed by atoms with E-state index in [-0.39, 0.29) is 0 Å². The molecule has 1 saturated heterocycles. The van der Waals surface area contributed by atoms with Gasteiger partial charge < -0.3 is 9.84 Å². The second kappa shape index (κ2) is 6.32. The lowest BCUT2D eigenvalue weighted by Gasteiger charge is -2.15. The fraction of sp³-hybridized carbons (Fsp3) is 0.538. The molecular formula is C13H16Br2O2. The highest BCUT2D eigenvalue weighted by atomic mass is 79.9. The molecule has 2 atom stereocenters. The van der Waals surface area contributed by atoms with Gasteiger partial charge in [0, 0.05) is 15.6 Å². The Kier molecular flexibility index (Phi) is 5.03. The lowest BCUT2D eigenvalue weighted by Crippen LogP contribution is -2.08. The highest BCUT2D eigenvalue weighted by Gasteiger charge is 2.18. The molecular weight excluding hydrogens is 348 g/mol. The van der Waals surface area contributed by atoms with Gasteiger partial charge in [-0.2, -0.15) is 0 Å². The number of rotatable bonds is 4. The first-order chi connectivity index (χ1) is 8.16. The maximum atomic E-state index is 10.2. The third kappa shape index (κ3) is 3.78. The van der Waals surface area contributed by atoms with Crippen LogP contribution >= 0.6 is 31.9 Å². The molecule has 0 aliphatic carbocycles. The zero-order valence-electron chi connectivity index (χ0n) is 9.53. The summed E-state index contributed by atoms with van der Waals surface area (Å²) in [5, 5.41) is 10.2. The number of ether oxygens (including phenoxy) is 1. The zero-order chi connectivity index (χ0) is 12.3. The van der Waals surface area contributed by atoms with Crippen LogP contribution < -0.4 is 0 Å². The van der Waals surface area contributed by atoms with Crippen LogP contribution in [-0.2, 0) is 4.74 Å². The molecule has 94 valence electrons. The van der Waals surface area contributed by atoms with Gasteiger partial charge in [-0.1, -0.05) is 37.9 Å². The Bertz CT molecular complexity index is 376. The van der Waals surface area contributed by atoms with Gasteiger partial charge in [-0.05, 0) is 43.4 Å². The van der Waals surface area contributed by atoms with Crippen molar-refractivity contribution in [3.8, 4) is 0 Å². The Morgan fingerprint density at radius 3 is 2.88 bits per heavy atom. The first kappa shape index (κ1) is 13.5. The highest BCUT2D eigenvalue weighted by Crippen LogP contribution is 2.30. The molecule has 2 unspecified atom stereocenters. The van der Waals surface area contributed by atoms with Crippen LogP contribution in [0.3, 0.4) is 0 Å². The molecule has 2 nitrogen and oxygen atoms in total. The standard InChI is InChI=1S/C13H16Br2O2/c14-9-3-5-11(12(15)8-9)13(16)6-4-10-2-1-7-17-10/h3,5,8,10,13,16H,1-2,4,6-7H2. The quantitative estimate of drug-likeness (QED) is 0.868. The number of benzene rings is 1. The fourth-order valence-corrected chi connectivity index (χ4v) is 3.45. The average Bonchev–Trinajstić information content (AvgIpc) is 2.78. The second-order valence-corrected chi connectivity index (χ2v) is 6.16. The summed E-state index contributed by atoms with van der Waals surface area (Å²) in [5.41, 5.74) is 0.950. The van der Waals surface area contributed by atoms with Crippen molar-refractivity contribution in [2.45, 2.75) is 37.9 Å². The van der Waals surface area contributed by atoms with Crippen molar-refractivity contribution < 1.29 is 9.84 Å². The molecule has 1 fully saturated rings. The van der Waals surface area contributed by atoms with Crippen molar-refractivity contribution in [2.75, 3.05) is 6.61 Å². The molecule has 0 aromatic heterocycles. The number of hydrogen-bond acceptors (Lipinski definition) is 2. The summed E-state index contributed by atoms with van der Waals surface area (Å²) in [4.78, 5) is 0. The molecule has 0 bridgehead atoms. The van der Waals surface area contributed by atoms with E-state index in [1.54, 1.807) is 0 Å². The van der Waals surface area contributed by atoms with Gasteiger partial charge >= 0.3 is 0 Å². The van der Waals surface area contributed by atoms with Crippen molar-refractivity contribution in [2.24, 2.45) is 0 Å². The van der Waals surface area contributed by atoms with Gasteiger partial charge in [0.25, 0.3) is 0 Å². The van der Waals surface area contributed by atoms with Gasteiger partial charge in [0.05, 0.1) is 12.2 Å². The molecule has 0 saturated carbocycles. The Hall–Kier alpha value is 0.1000. The van der Waals surface area contributed by atoms with Crippen molar-refractivity contribution in [1.82, 2.24) is 0 Å². The molecule has 4 heteroatoms. The average molecular weight is 364 g/mol. The van der Waals surface area contributed by atoms with Gasteiger partial charge in [0.1, 0.15) is 0 Å². The molecule has 1 aromatic carbocycles. The molecule has 1 aliphatic heterocycles. The Labute approximate surface area is 119 Å². The van der Waals surface area contributed by atoms with E-state index < -0.39 is 6.10 Å². The van der Waals surface area contributed by atoms with Crippen molar-refractivity contribution in [1.29, 1.82) is 0 Å². The molecule has 0 amide bonds. The van der Waals surface area contributed by atoms with Crippen LogP contribution in [0.2, 0.25) is 0 Å². The minimum atomic E-state index is -0.415. The summed E-state index contributed by atoms with van der Waals surface area (Å²) in [5.74, 6) is 0. The van der Waals surface area contributed by atoms with Crippen LogP contribution in [0.1, 0.15) is 37.4 Å². The largest absolute Gasteiger partial charge is 0.388 e. The van der Waals surface area contributed by atoms with Gasteiger partial charge in [0.15, 0.2) is 0 Å². The molecule has 0 spiro atoms. The van der Waals surface area contributed by atoms with E-state index in [2.05, 4.69) is 31.9 Å². The Balaban J connectivity index is 1.91. The smallest absolute Gasteiger partial charge is 0.0801 e. The number of aliphatic hydroxyl groups is 1. The van der Waals surface area contributed by atoms with Crippen LogP contribution in [0, 0.1) is 0 Å². The van der Waals surface area contributed by atoms with E-state index in [1.807, 2.05) is 18.2 Å². The van der Waals surface area contributed by atoms with Crippen LogP contribution in [0.4, 0.5) is 0 Å². The van der Waals surface area contributed by atoms with Gasteiger partial charge in [0.2, 0.25) is 0 Å². The molecule has 1 heterocycles. The summed E-state index contributed by atoms with van der Waals surface area (Å²) in [6.07, 6.45) is 3.91. The van der Waals surface area contributed by atoms with Gasteiger partial charge in [-0.15, -0.1) is 0 Å². The molecule has 0 radical (unpaired) electrons. The predicted molar refractivity (Wildman–Crippen MR) is 75.0 cm³/mol. The third-order valence-corrected chi connectivity index (χ3v) is 4.29. The Morgan fingerprint density at radius 2 is 2.24 bits per heavy atom. The van der Waals surface area contributed by atoms with Crippen LogP contribution in [0.5, 0.6) is 0 Å². The topological polar surface area (TPSA) is 29.5 Å². The zero-order valence-corrected chi connectivity index (χ0v) is 12.7. The maximum absolute atomic E-state index is 10.2. The number of aliphatic hydroxyl groups excluding tert-OH is 1. The first-order valence-electron chi connectivity index (χ1n) is 5.91. The van der Waals surface area contributed by atoms with Crippen molar-refractivity contribution >= 4 is 31.9 Å². The summed E-state index contributed by atoms with van der Waals surface area (Å²) in [7, 11) is 0. The van der Waals surface area contributed by atoms with E-state index in [0.717, 1.165) is 46.8 Å². The van der Waals surface area contributed by atoms with E-state index in [0.29, 0.717) is 6.10 Å². The van der Waals surface area contributed by atoms with Crippen molar-refractivity contribution in [3.05, 3.63) is 32.7 Å². The minimum absolute atomic E-state index is 0.346. The highest BCUT2D eigenvalue weighted by molar-refractivity contribution is 9.11. The van der Waals surface area contributed by atoms with E-state index in [9.17, 15) is 5.11 Å². The second-order valence-electron chi connectivity index (χ2n) is 4.39. The fourth-order valence-electron chi connectivity index (χ4n) is 2.14. The minimum Gasteiger partial charge on any atom is -0.388 e. The predicted octanol–water partition coefficient (Wildman–Crippen LogP) is 4.20. The lowest BCUT2D eigenvalue weighted by atomic mass is 10.0. The maximum Gasteiger partial charge on any atom is 0.0801 e. The van der Waals surface area contributed by atoms with E-state index in [1.165, 1.54) is 0 Å². The summed E-state index contributed by atoms with van der Waals surface area (Å²) in [6, 6.07) is 5.87. The third-order valence-electron chi connectivity index (χ3n) is 3.11. The summed E-state index contributed by atoms with van der Waals surface area (Å²) >= 11 is 6.89.